The van der Waals surface area contributed by atoms with Crippen LogP contribution < -0.4 is 9.62 Å². The molecule has 0 atom stereocenters. The van der Waals surface area contributed by atoms with Crippen molar-refractivity contribution < 1.29 is 18.0 Å². The van der Waals surface area contributed by atoms with Crippen LogP contribution in [-0.4, -0.2) is 20.2 Å². The van der Waals surface area contributed by atoms with Gasteiger partial charge in [0, 0.05) is 5.69 Å². The van der Waals surface area contributed by atoms with Gasteiger partial charge in [0.1, 0.15) is 5.41 Å². The number of rotatable bonds is 8. The smallest absolute Gasteiger partial charge is 0.257 e. The summed E-state index contributed by atoms with van der Waals surface area (Å²) in [5.74, 6) is -1.18. The van der Waals surface area contributed by atoms with Crippen LogP contribution in [0.15, 0.2) is 96.4 Å². The molecule has 0 spiro atoms. The molecule has 0 aromatic heterocycles. The summed E-state index contributed by atoms with van der Waals surface area (Å²) in [7, 11) is -4.07. The van der Waals surface area contributed by atoms with E-state index in [9.17, 15) is 18.0 Å². The number of hydrogen-bond donors (Lipinski definition) is 1. The van der Waals surface area contributed by atoms with E-state index in [0.29, 0.717) is 30.5 Å². The van der Waals surface area contributed by atoms with Crippen LogP contribution in [0.2, 0.25) is 0 Å². The third-order valence-corrected chi connectivity index (χ3v) is 6.99. The van der Waals surface area contributed by atoms with Gasteiger partial charge in [0.2, 0.25) is 11.8 Å². The van der Waals surface area contributed by atoms with Gasteiger partial charge >= 0.3 is 0 Å². The predicted octanol–water partition coefficient (Wildman–Crippen LogP) is 4.51. The average Bonchev–Trinajstić information content (AvgIpc) is 2.82. The molecule has 1 saturated carbocycles. The third kappa shape index (κ3) is 5.26. The van der Waals surface area contributed by atoms with Gasteiger partial charge in [0.25, 0.3) is 10.0 Å². The number of anilines is 1. The van der Waals surface area contributed by atoms with Crippen LogP contribution in [0.25, 0.3) is 6.08 Å². The van der Waals surface area contributed by atoms with Gasteiger partial charge in [-0.25, -0.2) is 13.1 Å². The van der Waals surface area contributed by atoms with Crippen molar-refractivity contribution in [2.75, 3.05) is 4.90 Å². The topological polar surface area (TPSA) is 83.5 Å². The van der Waals surface area contributed by atoms with Crippen LogP contribution in [0.1, 0.15) is 30.4 Å². The van der Waals surface area contributed by atoms with Crippen molar-refractivity contribution in [3.63, 3.8) is 0 Å². The molecule has 1 N–H and O–H groups in total. The summed E-state index contributed by atoms with van der Waals surface area (Å²) in [5, 5.41) is 0.954. The second-order valence-electron chi connectivity index (χ2n) is 8.34. The zero-order chi connectivity index (χ0) is 24.0. The number of carbonyl (C=O) groups excluding carboxylic acids is 2. The lowest BCUT2D eigenvalue weighted by Gasteiger charge is -2.41. The van der Waals surface area contributed by atoms with Gasteiger partial charge in [-0.3, -0.25) is 9.59 Å². The maximum atomic E-state index is 13.8. The van der Waals surface area contributed by atoms with Crippen LogP contribution in [0.5, 0.6) is 0 Å². The number of amides is 2. The van der Waals surface area contributed by atoms with Crippen LogP contribution in [-0.2, 0) is 26.2 Å². The number of nitrogens with one attached hydrogen (secondary N) is 1. The van der Waals surface area contributed by atoms with E-state index in [-0.39, 0.29) is 6.54 Å². The van der Waals surface area contributed by atoms with Gasteiger partial charge < -0.3 is 4.90 Å². The van der Waals surface area contributed by atoms with Gasteiger partial charge in [-0.1, -0.05) is 85.3 Å². The fourth-order valence-corrected chi connectivity index (χ4v) is 4.83. The average molecular weight is 475 g/mol. The molecule has 3 aromatic rings. The molecule has 0 radical (unpaired) electrons. The maximum Gasteiger partial charge on any atom is 0.257 e. The number of nitrogens with zero attached hydrogens (tertiary/aromatic N) is 1. The zero-order valence-corrected chi connectivity index (χ0v) is 19.4. The second-order valence-corrected chi connectivity index (χ2v) is 9.90. The molecule has 1 aliphatic carbocycles. The van der Waals surface area contributed by atoms with Gasteiger partial charge in [0.15, 0.2) is 0 Å². The Kier molecular flexibility index (Phi) is 6.93. The van der Waals surface area contributed by atoms with Crippen molar-refractivity contribution in [3.8, 4) is 0 Å². The number of benzene rings is 3. The molecule has 6 nitrogen and oxygen atoms in total. The Labute approximate surface area is 200 Å². The molecular formula is C27H26N2O4S. The first-order valence-electron chi connectivity index (χ1n) is 11.1. The van der Waals surface area contributed by atoms with Gasteiger partial charge in [-0.05, 0) is 42.2 Å². The first kappa shape index (κ1) is 23.4. The van der Waals surface area contributed by atoms with E-state index in [4.69, 9.17) is 0 Å². The maximum absolute atomic E-state index is 13.8. The van der Waals surface area contributed by atoms with E-state index >= 15 is 0 Å². The largest absolute Gasteiger partial charge is 0.307 e. The molecule has 4 rings (SSSR count). The van der Waals surface area contributed by atoms with E-state index in [1.54, 1.807) is 29.2 Å². The van der Waals surface area contributed by atoms with Crippen LogP contribution in [0.4, 0.5) is 5.69 Å². The molecule has 0 bridgehead atoms. The molecule has 1 aliphatic rings. The van der Waals surface area contributed by atoms with Crippen molar-refractivity contribution in [3.05, 3.63) is 108 Å². The van der Waals surface area contributed by atoms with Crippen LogP contribution in [0.3, 0.4) is 0 Å². The Morgan fingerprint density at radius 2 is 1.41 bits per heavy atom. The lowest BCUT2D eigenvalue weighted by atomic mass is 9.67. The molecule has 34 heavy (non-hydrogen) atoms. The van der Waals surface area contributed by atoms with Crippen molar-refractivity contribution in [2.24, 2.45) is 5.41 Å². The van der Waals surface area contributed by atoms with E-state index < -0.39 is 27.3 Å². The number of sulfonamides is 1. The lowest BCUT2D eigenvalue weighted by molar-refractivity contribution is -0.146. The quantitative estimate of drug-likeness (QED) is 0.487. The molecule has 1 fully saturated rings. The normalized spacial score (nSPS) is 14.8. The fourth-order valence-electron chi connectivity index (χ4n) is 3.97. The van der Waals surface area contributed by atoms with E-state index in [0.717, 1.165) is 11.0 Å². The van der Waals surface area contributed by atoms with Crippen LogP contribution in [0, 0.1) is 5.41 Å². The Hall–Kier alpha value is -3.71. The van der Waals surface area contributed by atoms with E-state index in [1.165, 1.54) is 6.08 Å². The first-order chi connectivity index (χ1) is 16.4. The predicted molar refractivity (Wildman–Crippen MR) is 133 cm³/mol. The van der Waals surface area contributed by atoms with Crippen molar-refractivity contribution >= 4 is 33.6 Å². The van der Waals surface area contributed by atoms with Gasteiger partial charge in [0.05, 0.1) is 12.0 Å². The fraction of sp³-hybridized carbons (Fsp3) is 0.185. The molecule has 7 heteroatoms. The number of hydrogen-bond acceptors (Lipinski definition) is 4. The summed E-state index contributed by atoms with van der Waals surface area (Å²) in [5.41, 5.74) is 0.835. The summed E-state index contributed by atoms with van der Waals surface area (Å²) in [6.45, 7) is 0.277. The second kappa shape index (κ2) is 10.1. The summed E-state index contributed by atoms with van der Waals surface area (Å²) in [6, 6.07) is 27.5. The summed E-state index contributed by atoms with van der Waals surface area (Å²) in [4.78, 5) is 28.6. The SMILES string of the molecule is O=C(NS(=O)(=O)/C=C/c1ccccc1)C1(C(=O)N(Cc2ccccc2)c2ccccc2)CCC1. The molecule has 0 saturated heterocycles. The van der Waals surface area contributed by atoms with E-state index in [2.05, 4.69) is 4.72 Å². The summed E-state index contributed by atoms with van der Waals surface area (Å²) >= 11 is 0. The number of para-hydroxylation sites is 1. The third-order valence-electron chi connectivity index (χ3n) is 6.02. The first-order valence-corrected chi connectivity index (χ1v) is 12.7. The van der Waals surface area contributed by atoms with Crippen molar-refractivity contribution in [1.29, 1.82) is 0 Å². The molecule has 174 valence electrons. The Morgan fingerprint density at radius 3 is 1.97 bits per heavy atom. The molecule has 0 heterocycles. The van der Waals surface area contributed by atoms with Crippen molar-refractivity contribution in [2.45, 2.75) is 25.8 Å². The van der Waals surface area contributed by atoms with Crippen molar-refractivity contribution in [1.82, 2.24) is 4.72 Å². The molecule has 3 aromatic carbocycles. The summed E-state index contributed by atoms with van der Waals surface area (Å²) in [6.07, 6.45) is 2.69. The minimum atomic E-state index is -4.07. The zero-order valence-electron chi connectivity index (χ0n) is 18.6. The Balaban J connectivity index is 1.58. The Bertz CT molecular complexity index is 1270. The highest BCUT2D eigenvalue weighted by Crippen LogP contribution is 2.44. The summed E-state index contributed by atoms with van der Waals surface area (Å²) < 4.78 is 27.3. The van der Waals surface area contributed by atoms with E-state index in [1.807, 2.05) is 66.7 Å². The van der Waals surface area contributed by atoms with Crippen LogP contribution >= 0.6 is 0 Å². The minimum Gasteiger partial charge on any atom is -0.307 e. The number of carbonyl (C=O) groups is 2. The standard InChI is InChI=1S/C27H26N2O4S/c30-25(28-34(32,33)20-17-22-11-4-1-5-12-22)27(18-10-19-27)26(31)29(24-15-8-3-9-16-24)21-23-13-6-2-7-14-23/h1-9,11-17,20H,10,18-19,21H2,(H,28,30)/b20-17+. The Morgan fingerprint density at radius 1 is 0.853 bits per heavy atom. The van der Waals surface area contributed by atoms with Gasteiger partial charge in [-0.15, -0.1) is 0 Å². The van der Waals surface area contributed by atoms with Gasteiger partial charge in [-0.2, -0.15) is 0 Å². The highest BCUT2D eigenvalue weighted by molar-refractivity contribution is 7.93. The minimum absolute atomic E-state index is 0.277. The molecule has 0 aliphatic heterocycles. The highest BCUT2D eigenvalue weighted by Gasteiger charge is 2.53. The molecular weight excluding hydrogens is 448 g/mol. The highest BCUT2D eigenvalue weighted by atomic mass is 32.2. The monoisotopic (exact) mass is 474 g/mol. The molecule has 0 unspecified atom stereocenters. The molecule has 2 amide bonds. The lowest BCUT2D eigenvalue weighted by Crippen LogP contribution is -2.57.